The van der Waals surface area contributed by atoms with Crippen molar-refractivity contribution < 1.29 is 4.39 Å². The number of benzene rings is 2. The lowest BCUT2D eigenvalue weighted by Gasteiger charge is -2.12. The summed E-state index contributed by atoms with van der Waals surface area (Å²) < 4.78 is 13.9. The van der Waals surface area contributed by atoms with Gasteiger partial charge in [-0.3, -0.25) is 0 Å². The highest BCUT2D eigenvalue weighted by molar-refractivity contribution is 6.30. The SMILES string of the molecule is CCNC(=NCc1ccc(Cl)cc1)NCc1ccc(C#N)cc1F. The van der Waals surface area contributed by atoms with Crippen LogP contribution in [0.15, 0.2) is 47.5 Å². The van der Waals surface area contributed by atoms with Crippen molar-refractivity contribution in [2.24, 2.45) is 4.99 Å². The fourth-order valence-electron chi connectivity index (χ4n) is 2.04. The summed E-state index contributed by atoms with van der Waals surface area (Å²) in [6, 6.07) is 13.8. The predicted octanol–water partition coefficient (Wildman–Crippen LogP) is 3.61. The molecule has 0 amide bonds. The van der Waals surface area contributed by atoms with Gasteiger partial charge in [-0.05, 0) is 36.8 Å². The van der Waals surface area contributed by atoms with Gasteiger partial charge in [0.2, 0.25) is 0 Å². The summed E-state index contributed by atoms with van der Waals surface area (Å²) in [6.45, 7) is 3.43. The van der Waals surface area contributed by atoms with Crippen molar-refractivity contribution in [3.63, 3.8) is 0 Å². The molecule has 0 fully saturated rings. The lowest BCUT2D eigenvalue weighted by molar-refractivity contribution is 0.604. The summed E-state index contributed by atoms with van der Waals surface area (Å²) >= 11 is 5.86. The largest absolute Gasteiger partial charge is 0.357 e. The van der Waals surface area contributed by atoms with E-state index >= 15 is 0 Å². The number of halogens is 2. The van der Waals surface area contributed by atoms with E-state index in [2.05, 4.69) is 15.6 Å². The van der Waals surface area contributed by atoms with Crippen LogP contribution in [-0.4, -0.2) is 12.5 Å². The van der Waals surface area contributed by atoms with E-state index in [4.69, 9.17) is 16.9 Å². The first-order valence-corrected chi connectivity index (χ1v) is 7.95. The second-order valence-electron chi connectivity index (χ2n) is 5.09. The zero-order valence-corrected chi connectivity index (χ0v) is 14.1. The van der Waals surface area contributed by atoms with Gasteiger partial charge in [0.1, 0.15) is 5.82 Å². The predicted molar refractivity (Wildman–Crippen MR) is 94.2 cm³/mol. The smallest absolute Gasteiger partial charge is 0.191 e. The van der Waals surface area contributed by atoms with Gasteiger partial charge >= 0.3 is 0 Å². The zero-order valence-electron chi connectivity index (χ0n) is 13.3. The summed E-state index contributed by atoms with van der Waals surface area (Å²) in [5.41, 5.74) is 1.81. The van der Waals surface area contributed by atoms with E-state index in [-0.39, 0.29) is 6.54 Å². The Balaban J connectivity index is 2.01. The Morgan fingerprint density at radius 2 is 1.96 bits per heavy atom. The maximum Gasteiger partial charge on any atom is 0.191 e. The highest BCUT2D eigenvalue weighted by Crippen LogP contribution is 2.11. The second kappa shape index (κ2) is 8.90. The molecule has 0 heterocycles. The fourth-order valence-corrected chi connectivity index (χ4v) is 2.17. The molecule has 0 aliphatic carbocycles. The molecular weight excluding hydrogens is 327 g/mol. The van der Waals surface area contributed by atoms with Crippen molar-refractivity contribution in [2.45, 2.75) is 20.0 Å². The first-order valence-electron chi connectivity index (χ1n) is 7.57. The summed E-state index contributed by atoms with van der Waals surface area (Å²) in [7, 11) is 0. The van der Waals surface area contributed by atoms with Crippen LogP contribution < -0.4 is 10.6 Å². The lowest BCUT2D eigenvalue weighted by atomic mass is 10.1. The van der Waals surface area contributed by atoms with Gasteiger partial charge in [-0.1, -0.05) is 29.8 Å². The number of nitriles is 1. The van der Waals surface area contributed by atoms with E-state index < -0.39 is 5.82 Å². The second-order valence-corrected chi connectivity index (χ2v) is 5.53. The molecule has 0 bridgehead atoms. The van der Waals surface area contributed by atoms with Crippen LogP contribution in [0.4, 0.5) is 4.39 Å². The van der Waals surface area contributed by atoms with Gasteiger partial charge < -0.3 is 10.6 Å². The molecule has 124 valence electrons. The van der Waals surface area contributed by atoms with Crippen molar-refractivity contribution in [3.05, 3.63) is 70.0 Å². The van der Waals surface area contributed by atoms with E-state index in [0.29, 0.717) is 35.2 Å². The van der Waals surface area contributed by atoms with Crippen LogP contribution in [0.1, 0.15) is 23.6 Å². The van der Waals surface area contributed by atoms with Gasteiger partial charge in [0.15, 0.2) is 5.96 Å². The molecule has 0 saturated carbocycles. The van der Waals surface area contributed by atoms with E-state index in [1.807, 2.05) is 37.3 Å². The summed E-state index contributed by atoms with van der Waals surface area (Å²) in [5, 5.41) is 15.7. The Hall–Kier alpha value is -2.58. The van der Waals surface area contributed by atoms with E-state index in [1.165, 1.54) is 6.07 Å². The van der Waals surface area contributed by atoms with Crippen LogP contribution in [0, 0.1) is 17.1 Å². The van der Waals surface area contributed by atoms with E-state index in [0.717, 1.165) is 5.56 Å². The monoisotopic (exact) mass is 344 g/mol. The molecule has 0 atom stereocenters. The average Bonchev–Trinajstić information content (AvgIpc) is 2.59. The summed E-state index contributed by atoms with van der Waals surface area (Å²) in [4.78, 5) is 4.47. The number of rotatable bonds is 5. The Labute approximate surface area is 146 Å². The van der Waals surface area contributed by atoms with Gasteiger partial charge in [0, 0.05) is 23.7 Å². The minimum absolute atomic E-state index is 0.282. The molecule has 0 aliphatic heterocycles. The Bertz CT molecular complexity index is 751. The number of nitrogens with zero attached hydrogens (tertiary/aromatic N) is 2. The molecule has 2 N–H and O–H groups in total. The molecule has 4 nitrogen and oxygen atoms in total. The van der Waals surface area contributed by atoms with Crippen LogP contribution in [-0.2, 0) is 13.1 Å². The van der Waals surface area contributed by atoms with Gasteiger partial charge in [0.05, 0.1) is 18.2 Å². The van der Waals surface area contributed by atoms with E-state index in [1.54, 1.807) is 12.1 Å². The average molecular weight is 345 g/mol. The van der Waals surface area contributed by atoms with Crippen LogP contribution in [0.5, 0.6) is 0 Å². The molecular formula is C18H18ClFN4. The van der Waals surface area contributed by atoms with Crippen LogP contribution in [0.2, 0.25) is 5.02 Å². The third-order valence-electron chi connectivity index (χ3n) is 3.31. The molecule has 6 heteroatoms. The minimum Gasteiger partial charge on any atom is -0.357 e. The molecule has 0 saturated heterocycles. The lowest BCUT2D eigenvalue weighted by Crippen LogP contribution is -2.37. The number of guanidine groups is 1. The molecule has 2 aromatic rings. The van der Waals surface area contributed by atoms with E-state index in [9.17, 15) is 4.39 Å². The molecule has 0 aromatic heterocycles. The van der Waals surface area contributed by atoms with Crippen LogP contribution in [0.3, 0.4) is 0 Å². The Kier molecular flexibility index (Phi) is 6.59. The summed E-state index contributed by atoms with van der Waals surface area (Å²) in [6.07, 6.45) is 0. The maximum atomic E-state index is 13.9. The fraction of sp³-hybridized carbons (Fsp3) is 0.222. The number of hydrogen-bond acceptors (Lipinski definition) is 2. The first kappa shape index (κ1) is 17.8. The Morgan fingerprint density at radius 3 is 2.58 bits per heavy atom. The van der Waals surface area contributed by atoms with Crippen LogP contribution >= 0.6 is 11.6 Å². The van der Waals surface area contributed by atoms with Gasteiger partial charge in [0.25, 0.3) is 0 Å². The molecule has 2 rings (SSSR count). The number of nitrogens with one attached hydrogen (secondary N) is 2. The topological polar surface area (TPSA) is 60.2 Å². The van der Waals surface area contributed by atoms with Crippen molar-refractivity contribution in [3.8, 4) is 6.07 Å². The Morgan fingerprint density at radius 1 is 1.21 bits per heavy atom. The van der Waals surface area contributed by atoms with Crippen molar-refractivity contribution in [1.82, 2.24) is 10.6 Å². The summed E-state index contributed by atoms with van der Waals surface area (Å²) in [5.74, 6) is 0.186. The minimum atomic E-state index is -0.407. The molecule has 24 heavy (non-hydrogen) atoms. The van der Waals surface area contributed by atoms with Crippen molar-refractivity contribution in [1.29, 1.82) is 5.26 Å². The number of aliphatic imine (C=N–C) groups is 1. The third-order valence-corrected chi connectivity index (χ3v) is 3.56. The quantitative estimate of drug-likeness (QED) is 0.643. The molecule has 0 aliphatic rings. The van der Waals surface area contributed by atoms with Gasteiger partial charge in [-0.2, -0.15) is 5.26 Å². The zero-order chi connectivity index (χ0) is 17.4. The highest BCUT2D eigenvalue weighted by atomic mass is 35.5. The standard InChI is InChI=1S/C18H18ClFN4/c1-2-22-18(23-11-13-4-7-16(19)8-5-13)24-12-15-6-3-14(10-21)9-17(15)20/h3-9H,2,11-12H2,1H3,(H2,22,23,24). The molecule has 0 unspecified atom stereocenters. The maximum absolute atomic E-state index is 13.9. The van der Waals surface area contributed by atoms with Gasteiger partial charge in [-0.25, -0.2) is 9.38 Å². The molecule has 0 spiro atoms. The molecule has 0 radical (unpaired) electrons. The third kappa shape index (κ3) is 5.25. The van der Waals surface area contributed by atoms with Gasteiger partial charge in [-0.15, -0.1) is 0 Å². The first-order chi connectivity index (χ1) is 11.6. The molecule has 2 aromatic carbocycles. The van der Waals surface area contributed by atoms with Crippen molar-refractivity contribution in [2.75, 3.05) is 6.54 Å². The normalized spacial score (nSPS) is 11.0. The van der Waals surface area contributed by atoms with Crippen LogP contribution in [0.25, 0.3) is 0 Å². The van der Waals surface area contributed by atoms with Crippen molar-refractivity contribution >= 4 is 17.6 Å². The number of hydrogen-bond donors (Lipinski definition) is 2. The highest BCUT2D eigenvalue weighted by Gasteiger charge is 2.05.